The van der Waals surface area contributed by atoms with Crippen LogP contribution in [0.3, 0.4) is 0 Å². The number of alkyl halides is 3. The van der Waals surface area contributed by atoms with Crippen LogP contribution in [0, 0.1) is 0 Å². The molecule has 0 unspecified atom stereocenters. The molecule has 0 amide bonds. The highest BCUT2D eigenvalue weighted by Gasteiger charge is 2.33. The van der Waals surface area contributed by atoms with Gasteiger partial charge in [0, 0.05) is 49.2 Å². The van der Waals surface area contributed by atoms with E-state index in [0.717, 1.165) is 68.8 Å². The molecular formula is C25H29F3N6O. The number of halogens is 3. The van der Waals surface area contributed by atoms with Crippen molar-refractivity contribution in [3.8, 4) is 11.3 Å². The topological polar surface area (TPSA) is 79.1 Å². The van der Waals surface area contributed by atoms with Crippen LogP contribution in [0.1, 0.15) is 44.1 Å². The molecule has 10 heteroatoms. The van der Waals surface area contributed by atoms with Gasteiger partial charge in [0.15, 0.2) is 5.76 Å². The molecule has 0 radical (unpaired) electrons. The normalized spacial score (nSPS) is 23.3. The number of anilines is 2. The van der Waals surface area contributed by atoms with Crippen LogP contribution in [0.5, 0.6) is 0 Å². The molecule has 3 aromatic rings. The lowest BCUT2D eigenvalue weighted by atomic mass is 9.89. The molecule has 2 aliphatic rings. The van der Waals surface area contributed by atoms with Gasteiger partial charge in [0.25, 0.3) is 6.01 Å². The zero-order valence-corrected chi connectivity index (χ0v) is 19.3. The molecule has 0 spiro atoms. The molecule has 2 N–H and O–H groups in total. The average Bonchev–Trinajstić information content (AvgIpc) is 3.34. The first kappa shape index (κ1) is 23.6. The third kappa shape index (κ3) is 5.75. The number of nitrogens with one attached hydrogen (secondary N) is 2. The Balaban J connectivity index is 1.21. The van der Waals surface area contributed by atoms with E-state index in [4.69, 9.17) is 4.42 Å². The van der Waals surface area contributed by atoms with Gasteiger partial charge in [-0.1, -0.05) is 43.2 Å². The van der Waals surface area contributed by atoms with Gasteiger partial charge in [-0.15, -0.1) is 0 Å². The van der Waals surface area contributed by atoms with Gasteiger partial charge in [-0.2, -0.15) is 13.2 Å². The first-order valence-corrected chi connectivity index (χ1v) is 12.1. The van der Waals surface area contributed by atoms with Crippen molar-refractivity contribution in [2.24, 2.45) is 0 Å². The van der Waals surface area contributed by atoms with Crippen LogP contribution in [0.15, 0.2) is 53.3 Å². The summed E-state index contributed by atoms with van der Waals surface area (Å²) in [6, 6.07) is 11.0. The molecule has 1 saturated carbocycles. The Bertz CT molecular complexity index is 1090. The molecule has 3 heterocycles. The van der Waals surface area contributed by atoms with Crippen molar-refractivity contribution in [1.29, 1.82) is 0 Å². The number of piperidine rings is 1. The van der Waals surface area contributed by atoms with Crippen LogP contribution < -0.4 is 15.5 Å². The van der Waals surface area contributed by atoms with Crippen molar-refractivity contribution in [2.45, 2.75) is 62.8 Å². The van der Waals surface area contributed by atoms with Gasteiger partial charge >= 0.3 is 6.18 Å². The summed E-state index contributed by atoms with van der Waals surface area (Å²) in [6.45, 7) is 1.39. The maximum Gasteiger partial charge on any atom is 0.419 e. The second-order valence-corrected chi connectivity index (χ2v) is 9.26. The van der Waals surface area contributed by atoms with E-state index in [0.29, 0.717) is 18.5 Å². The summed E-state index contributed by atoms with van der Waals surface area (Å²) < 4.78 is 44.5. The fraction of sp³-hybridized carbons (Fsp3) is 0.480. The monoisotopic (exact) mass is 486 g/mol. The van der Waals surface area contributed by atoms with E-state index in [1.54, 1.807) is 6.20 Å². The second kappa shape index (κ2) is 10.2. The highest BCUT2D eigenvalue weighted by atomic mass is 19.4. The summed E-state index contributed by atoms with van der Waals surface area (Å²) in [7, 11) is 0. The van der Waals surface area contributed by atoms with E-state index in [1.165, 1.54) is 0 Å². The molecule has 7 nitrogen and oxygen atoms in total. The van der Waals surface area contributed by atoms with Crippen molar-refractivity contribution in [2.75, 3.05) is 23.3 Å². The van der Waals surface area contributed by atoms with Crippen molar-refractivity contribution in [3.63, 3.8) is 0 Å². The van der Waals surface area contributed by atoms with Gasteiger partial charge in [-0.05, 0) is 25.7 Å². The minimum Gasteiger partial charge on any atom is -0.424 e. The Kier molecular flexibility index (Phi) is 6.90. The Morgan fingerprint density at radius 3 is 2.37 bits per heavy atom. The number of hydrogen-bond acceptors (Lipinski definition) is 7. The molecule has 2 fully saturated rings. The standard InChI is InChI=1S/C25H29F3N6O/c26-25(27,28)18-13-29-23(30-14-18)34-12-6-9-19(16-34)32-20-10-4-5-11-21(20)33-24-31-15-22(35-24)17-7-2-1-3-8-17/h1-3,7-8,13-15,19-21,32H,4-6,9-12,16H2,(H,31,33)/t19-,20+,21+/m0/s1. The summed E-state index contributed by atoms with van der Waals surface area (Å²) in [5.74, 6) is 1.07. The molecule has 1 aliphatic heterocycles. The predicted molar refractivity (Wildman–Crippen MR) is 127 cm³/mol. The van der Waals surface area contributed by atoms with E-state index >= 15 is 0 Å². The van der Waals surface area contributed by atoms with Gasteiger partial charge in [-0.3, -0.25) is 0 Å². The zero-order chi connectivity index (χ0) is 24.3. The van der Waals surface area contributed by atoms with E-state index in [9.17, 15) is 13.2 Å². The fourth-order valence-corrected chi connectivity index (χ4v) is 4.97. The molecule has 1 saturated heterocycles. The smallest absolute Gasteiger partial charge is 0.419 e. The summed E-state index contributed by atoms with van der Waals surface area (Å²) in [5.41, 5.74) is 0.158. The quantitative estimate of drug-likeness (QED) is 0.500. The van der Waals surface area contributed by atoms with Crippen LogP contribution in [-0.4, -0.2) is 46.2 Å². The van der Waals surface area contributed by atoms with Crippen molar-refractivity contribution in [3.05, 3.63) is 54.5 Å². The molecular weight excluding hydrogens is 457 g/mol. The largest absolute Gasteiger partial charge is 0.424 e. The van der Waals surface area contributed by atoms with Crippen LogP contribution in [0.25, 0.3) is 11.3 Å². The van der Waals surface area contributed by atoms with E-state index in [-0.39, 0.29) is 18.1 Å². The van der Waals surface area contributed by atoms with Gasteiger partial charge in [0.1, 0.15) is 0 Å². The summed E-state index contributed by atoms with van der Waals surface area (Å²) >= 11 is 0. The molecule has 0 bridgehead atoms. The average molecular weight is 487 g/mol. The minimum absolute atomic E-state index is 0.184. The van der Waals surface area contributed by atoms with E-state index < -0.39 is 11.7 Å². The first-order valence-electron chi connectivity index (χ1n) is 12.1. The third-order valence-corrected chi connectivity index (χ3v) is 6.76. The Morgan fingerprint density at radius 2 is 1.63 bits per heavy atom. The summed E-state index contributed by atoms with van der Waals surface area (Å²) in [5, 5.41) is 7.28. The van der Waals surface area contributed by atoms with Crippen LogP contribution >= 0.6 is 0 Å². The minimum atomic E-state index is -4.43. The number of aromatic nitrogens is 3. The van der Waals surface area contributed by atoms with Gasteiger partial charge in [-0.25, -0.2) is 15.0 Å². The number of benzene rings is 1. The van der Waals surface area contributed by atoms with Crippen LogP contribution in [0.4, 0.5) is 25.1 Å². The third-order valence-electron chi connectivity index (χ3n) is 6.76. The van der Waals surface area contributed by atoms with Crippen molar-refractivity contribution in [1.82, 2.24) is 20.3 Å². The summed E-state index contributed by atoms with van der Waals surface area (Å²) in [6.07, 6.45) is 5.29. The molecule has 186 valence electrons. The lowest BCUT2D eigenvalue weighted by Crippen LogP contribution is -2.55. The van der Waals surface area contributed by atoms with E-state index in [2.05, 4.69) is 25.6 Å². The predicted octanol–water partition coefficient (Wildman–Crippen LogP) is 5.13. The molecule has 1 aliphatic carbocycles. The maximum absolute atomic E-state index is 12.8. The van der Waals surface area contributed by atoms with Crippen molar-refractivity contribution >= 4 is 12.0 Å². The maximum atomic E-state index is 12.8. The lowest BCUT2D eigenvalue weighted by Gasteiger charge is -2.39. The van der Waals surface area contributed by atoms with Crippen LogP contribution in [-0.2, 0) is 6.18 Å². The van der Waals surface area contributed by atoms with Crippen LogP contribution in [0.2, 0.25) is 0 Å². The lowest BCUT2D eigenvalue weighted by molar-refractivity contribution is -0.138. The van der Waals surface area contributed by atoms with Gasteiger partial charge in [0.05, 0.1) is 11.8 Å². The number of oxazole rings is 1. The van der Waals surface area contributed by atoms with Crippen molar-refractivity contribution < 1.29 is 17.6 Å². The number of hydrogen-bond donors (Lipinski definition) is 2. The number of nitrogens with zero attached hydrogens (tertiary/aromatic N) is 4. The highest BCUT2D eigenvalue weighted by Crippen LogP contribution is 2.29. The van der Waals surface area contributed by atoms with Gasteiger partial charge in [0.2, 0.25) is 5.95 Å². The Hall–Kier alpha value is -3.14. The SMILES string of the molecule is FC(F)(F)c1cnc(N2CCC[C@H](N[C@@H]3CCCC[C@H]3Nc3ncc(-c4ccccc4)o3)C2)nc1. The summed E-state index contributed by atoms with van der Waals surface area (Å²) in [4.78, 5) is 14.4. The first-order chi connectivity index (χ1) is 17.0. The molecule has 5 rings (SSSR count). The molecule has 35 heavy (non-hydrogen) atoms. The Labute approximate surface area is 202 Å². The van der Waals surface area contributed by atoms with E-state index in [1.807, 2.05) is 35.2 Å². The second-order valence-electron chi connectivity index (χ2n) is 9.26. The molecule has 2 aromatic heterocycles. The zero-order valence-electron chi connectivity index (χ0n) is 19.3. The molecule has 3 atom stereocenters. The number of rotatable bonds is 6. The van der Waals surface area contributed by atoms with Gasteiger partial charge < -0.3 is 20.0 Å². The fourth-order valence-electron chi connectivity index (χ4n) is 4.97. The molecule has 1 aromatic carbocycles. The highest BCUT2D eigenvalue weighted by molar-refractivity contribution is 5.57. The Morgan fingerprint density at radius 1 is 0.886 bits per heavy atom.